The van der Waals surface area contributed by atoms with Crippen molar-refractivity contribution in [3.05, 3.63) is 136 Å². The van der Waals surface area contributed by atoms with E-state index >= 15 is 0 Å². The molecule has 202 valence electrons. The zero-order valence-electron chi connectivity index (χ0n) is 21.8. The summed E-state index contributed by atoms with van der Waals surface area (Å²) in [6, 6.07) is 32.5. The van der Waals surface area contributed by atoms with E-state index in [9.17, 15) is 14.4 Å². The number of hydrogen-bond acceptors (Lipinski definition) is 5. The Labute approximate surface area is 246 Å². The Morgan fingerprint density at radius 3 is 1.98 bits per heavy atom. The lowest BCUT2D eigenvalue weighted by molar-refractivity contribution is -0.151. The van der Waals surface area contributed by atoms with E-state index in [0.29, 0.717) is 5.69 Å². The molecular formula is C34H25BrN2O4. The molecule has 3 heterocycles. The van der Waals surface area contributed by atoms with Crippen molar-refractivity contribution in [1.29, 1.82) is 0 Å². The minimum Gasteiger partial charge on any atom is -0.451 e. The number of benzene rings is 4. The molecule has 0 saturated carbocycles. The summed E-state index contributed by atoms with van der Waals surface area (Å²) in [7, 11) is 0. The third-order valence-electron chi connectivity index (χ3n) is 8.18. The van der Waals surface area contributed by atoms with Gasteiger partial charge in [-0.05, 0) is 47.0 Å². The third-order valence-corrected chi connectivity index (χ3v) is 8.71. The molecule has 7 heteroatoms. The molecule has 0 N–H and O–H groups in total. The van der Waals surface area contributed by atoms with Crippen molar-refractivity contribution in [2.75, 3.05) is 9.80 Å². The highest BCUT2D eigenvalue weighted by atomic mass is 79.9. The summed E-state index contributed by atoms with van der Waals surface area (Å²) in [5.74, 6) is -2.85. The molecule has 41 heavy (non-hydrogen) atoms. The molecule has 6 nitrogen and oxygen atoms in total. The number of imide groups is 1. The molecule has 2 amide bonds. The Balaban J connectivity index is 1.32. The van der Waals surface area contributed by atoms with E-state index in [2.05, 4.69) is 15.9 Å². The molecule has 7 rings (SSSR count). The van der Waals surface area contributed by atoms with E-state index in [1.54, 1.807) is 24.3 Å². The minimum atomic E-state index is -0.983. The number of ether oxygens (including phenoxy) is 1. The highest BCUT2D eigenvalue weighted by molar-refractivity contribution is 9.10. The number of amides is 2. The van der Waals surface area contributed by atoms with Crippen molar-refractivity contribution in [1.82, 2.24) is 0 Å². The predicted octanol–water partition coefficient (Wildman–Crippen LogP) is 6.17. The van der Waals surface area contributed by atoms with Gasteiger partial charge in [-0.15, -0.1) is 0 Å². The second kappa shape index (κ2) is 10.2. The van der Waals surface area contributed by atoms with Crippen LogP contribution in [0.2, 0.25) is 0 Å². The van der Waals surface area contributed by atoms with Crippen LogP contribution in [0.4, 0.5) is 11.4 Å². The smallest absolute Gasteiger partial charge is 0.330 e. The fourth-order valence-electron chi connectivity index (χ4n) is 6.40. The van der Waals surface area contributed by atoms with Gasteiger partial charge < -0.3 is 9.64 Å². The van der Waals surface area contributed by atoms with Crippen LogP contribution in [0.3, 0.4) is 0 Å². The maximum Gasteiger partial charge on any atom is 0.330 e. The summed E-state index contributed by atoms with van der Waals surface area (Å²) in [4.78, 5) is 45.6. The first-order valence-corrected chi connectivity index (χ1v) is 14.3. The molecule has 3 aliphatic rings. The van der Waals surface area contributed by atoms with Crippen LogP contribution < -0.4 is 9.80 Å². The lowest BCUT2D eigenvalue weighted by Crippen LogP contribution is -2.49. The zero-order chi connectivity index (χ0) is 28.1. The summed E-state index contributed by atoms with van der Waals surface area (Å²) in [6.45, 7) is 0. The Bertz CT molecular complexity index is 1630. The number of nitrogens with zero attached hydrogens (tertiary/aromatic N) is 2. The quantitative estimate of drug-likeness (QED) is 0.201. The lowest BCUT2D eigenvalue weighted by atomic mass is 9.88. The highest BCUT2D eigenvalue weighted by Crippen LogP contribution is 2.49. The molecule has 0 aliphatic carbocycles. The zero-order valence-corrected chi connectivity index (χ0v) is 23.4. The van der Waals surface area contributed by atoms with Crippen LogP contribution in [0.15, 0.2) is 120 Å². The number of fused-ring (bicyclic) bond motifs is 5. The van der Waals surface area contributed by atoms with Crippen LogP contribution in [0.25, 0.3) is 6.08 Å². The van der Waals surface area contributed by atoms with Gasteiger partial charge in [0.15, 0.2) is 6.10 Å². The SMILES string of the molecule is O=C(OC(c1ccccc1)c1ccccc1)[C@@H]1[C@@H]2C(=O)N(c3ccc(Br)cc3)C(=O)[C@H]2[C@H]2C=Cc3ccccc3N21. The van der Waals surface area contributed by atoms with Gasteiger partial charge in [0.2, 0.25) is 11.8 Å². The van der Waals surface area contributed by atoms with Crippen LogP contribution >= 0.6 is 15.9 Å². The first kappa shape index (κ1) is 25.5. The largest absolute Gasteiger partial charge is 0.451 e. The van der Waals surface area contributed by atoms with E-state index in [4.69, 9.17) is 4.74 Å². The minimum absolute atomic E-state index is 0.306. The van der Waals surface area contributed by atoms with Gasteiger partial charge in [-0.3, -0.25) is 9.59 Å². The van der Waals surface area contributed by atoms with Crippen molar-refractivity contribution < 1.29 is 19.1 Å². The number of hydrogen-bond donors (Lipinski definition) is 0. The van der Waals surface area contributed by atoms with Crippen LogP contribution in [0.5, 0.6) is 0 Å². The maximum absolute atomic E-state index is 14.4. The standard InChI is InChI=1S/C34H25BrN2O4/c35-24-16-18-25(19-17-24)36-32(38)28-27-20-15-21-9-7-8-14-26(21)37(27)30(29(28)33(36)39)34(40)41-31(22-10-3-1-4-11-22)23-12-5-2-6-13-23/h1-20,27-31H/t27-,28+,29-,30+/m1/s1. The Hall–Kier alpha value is -4.49. The summed E-state index contributed by atoms with van der Waals surface area (Å²) >= 11 is 3.42. The fourth-order valence-corrected chi connectivity index (χ4v) is 6.66. The predicted molar refractivity (Wildman–Crippen MR) is 160 cm³/mol. The summed E-state index contributed by atoms with van der Waals surface area (Å²) in [5, 5.41) is 0. The molecule has 0 radical (unpaired) electrons. The Kier molecular flexibility index (Phi) is 6.31. The van der Waals surface area contributed by atoms with Crippen molar-refractivity contribution in [2.45, 2.75) is 18.2 Å². The molecule has 0 unspecified atom stereocenters. The van der Waals surface area contributed by atoms with Crippen LogP contribution in [-0.4, -0.2) is 29.9 Å². The summed E-state index contributed by atoms with van der Waals surface area (Å²) < 4.78 is 7.17. The van der Waals surface area contributed by atoms with E-state index in [0.717, 1.165) is 26.9 Å². The van der Waals surface area contributed by atoms with Crippen LogP contribution in [0, 0.1) is 11.8 Å². The normalized spacial score (nSPS) is 22.5. The van der Waals surface area contributed by atoms with Gasteiger partial charge in [0, 0.05) is 10.2 Å². The van der Waals surface area contributed by atoms with Gasteiger partial charge in [0.05, 0.1) is 23.6 Å². The van der Waals surface area contributed by atoms with Gasteiger partial charge in [-0.25, -0.2) is 9.69 Å². The van der Waals surface area contributed by atoms with Crippen molar-refractivity contribution in [3.8, 4) is 0 Å². The van der Waals surface area contributed by atoms with Gasteiger partial charge in [-0.2, -0.15) is 0 Å². The molecule has 0 bridgehead atoms. The second-order valence-corrected chi connectivity index (χ2v) is 11.4. The Morgan fingerprint density at radius 2 is 1.32 bits per heavy atom. The van der Waals surface area contributed by atoms with Crippen LogP contribution in [-0.2, 0) is 19.1 Å². The maximum atomic E-state index is 14.4. The monoisotopic (exact) mass is 604 g/mol. The third kappa shape index (κ3) is 4.19. The van der Waals surface area contributed by atoms with Gasteiger partial charge in [-0.1, -0.05) is 107 Å². The first-order chi connectivity index (χ1) is 20.0. The first-order valence-electron chi connectivity index (χ1n) is 13.5. The van der Waals surface area contributed by atoms with E-state index in [-0.39, 0.29) is 11.8 Å². The van der Waals surface area contributed by atoms with E-state index in [1.165, 1.54) is 4.90 Å². The second-order valence-electron chi connectivity index (χ2n) is 10.4. The number of para-hydroxylation sites is 1. The van der Waals surface area contributed by atoms with Crippen molar-refractivity contribution in [2.24, 2.45) is 11.8 Å². The lowest BCUT2D eigenvalue weighted by Gasteiger charge is -2.36. The molecule has 4 atom stereocenters. The number of rotatable bonds is 5. The number of halogens is 1. The van der Waals surface area contributed by atoms with Crippen LogP contribution in [0.1, 0.15) is 22.8 Å². The van der Waals surface area contributed by atoms with Crippen molar-refractivity contribution >= 4 is 51.2 Å². The van der Waals surface area contributed by atoms with Gasteiger partial charge in [0.25, 0.3) is 0 Å². The summed E-state index contributed by atoms with van der Waals surface area (Å²) in [5.41, 5.74) is 3.87. The number of anilines is 2. The van der Waals surface area contributed by atoms with E-state index in [1.807, 2.05) is 102 Å². The Morgan fingerprint density at radius 1 is 0.732 bits per heavy atom. The van der Waals surface area contributed by atoms with Gasteiger partial charge in [0.1, 0.15) is 6.04 Å². The highest BCUT2D eigenvalue weighted by Gasteiger charge is 2.65. The molecule has 2 fully saturated rings. The summed E-state index contributed by atoms with van der Waals surface area (Å²) in [6.07, 6.45) is 3.24. The average molecular weight is 605 g/mol. The fraction of sp³-hybridized carbons (Fsp3) is 0.147. The van der Waals surface area contributed by atoms with Crippen molar-refractivity contribution in [3.63, 3.8) is 0 Å². The topological polar surface area (TPSA) is 66.9 Å². The molecular weight excluding hydrogens is 580 g/mol. The van der Waals surface area contributed by atoms with E-state index < -0.39 is 36.0 Å². The molecule has 4 aromatic carbocycles. The molecule has 4 aromatic rings. The molecule has 0 spiro atoms. The number of carbonyl (C=O) groups excluding carboxylic acids is 3. The number of carbonyl (C=O) groups is 3. The molecule has 3 aliphatic heterocycles. The molecule has 2 saturated heterocycles. The number of esters is 1. The molecule has 0 aromatic heterocycles. The van der Waals surface area contributed by atoms with Gasteiger partial charge >= 0.3 is 5.97 Å². The average Bonchev–Trinajstić information content (AvgIpc) is 3.49.